The molecule has 1 heterocycles. The van der Waals surface area contributed by atoms with E-state index in [1.165, 1.54) is 25.3 Å². The van der Waals surface area contributed by atoms with E-state index < -0.39 is 5.82 Å². The SMILES string of the molecule is CCN1CCCC1CNC(=O)c1cc(F)ccc1OC. The van der Waals surface area contributed by atoms with Gasteiger partial charge in [-0.2, -0.15) is 0 Å². The second-order valence-electron chi connectivity index (χ2n) is 4.98. The fourth-order valence-corrected chi connectivity index (χ4v) is 2.71. The third-order valence-electron chi connectivity index (χ3n) is 3.81. The number of carbonyl (C=O) groups is 1. The van der Waals surface area contributed by atoms with Gasteiger partial charge in [-0.25, -0.2) is 4.39 Å². The van der Waals surface area contributed by atoms with E-state index in [0.717, 1.165) is 25.9 Å². The number of methoxy groups -OCH3 is 1. The predicted molar refractivity (Wildman–Crippen MR) is 75.6 cm³/mol. The summed E-state index contributed by atoms with van der Waals surface area (Å²) in [5, 5.41) is 2.88. The van der Waals surface area contributed by atoms with Crippen molar-refractivity contribution in [3.05, 3.63) is 29.6 Å². The third-order valence-corrected chi connectivity index (χ3v) is 3.81. The highest BCUT2D eigenvalue weighted by atomic mass is 19.1. The molecule has 1 aromatic carbocycles. The lowest BCUT2D eigenvalue weighted by molar-refractivity contribution is 0.0938. The maximum atomic E-state index is 13.3. The van der Waals surface area contributed by atoms with E-state index in [4.69, 9.17) is 4.74 Å². The van der Waals surface area contributed by atoms with Gasteiger partial charge in [0.25, 0.3) is 5.91 Å². The smallest absolute Gasteiger partial charge is 0.255 e. The number of hydrogen-bond acceptors (Lipinski definition) is 3. The number of nitrogens with one attached hydrogen (secondary N) is 1. The summed E-state index contributed by atoms with van der Waals surface area (Å²) in [6, 6.07) is 4.34. The molecular formula is C15H21FN2O2. The lowest BCUT2D eigenvalue weighted by Crippen LogP contribution is -2.40. The highest BCUT2D eigenvalue weighted by molar-refractivity contribution is 5.96. The molecule has 5 heteroatoms. The molecule has 20 heavy (non-hydrogen) atoms. The molecule has 1 amide bonds. The van der Waals surface area contributed by atoms with Crippen molar-refractivity contribution in [2.45, 2.75) is 25.8 Å². The summed E-state index contributed by atoms with van der Waals surface area (Å²) in [6.07, 6.45) is 2.26. The van der Waals surface area contributed by atoms with Crippen LogP contribution in [0.2, 0.25) is 0 Å². The van der Waals surface area contributed by atoms with Gasteiger partial charge in [0.1, 0.15) is 11.6 Å². The molecule has 110 valence electrons. The molecule has 0 aromatic heterocycles. The zero-order valence-corrected chi connectivity index (χ0v) is 12.0. The molecule has 1 unspecified atom stereocenters. The zero-order valence-electron chi connectivity index (χ0n) is 12.0. The maximum Gasteiger partial charge on any atom is 0.255 e. The average molecular weight is 280 g/mol. The number of likely N-dealkylation sites (N-methyl/N-ethyl adjacent to an activating group) is 1. The van der Waals surface area contributed by atoms with Crippen LogP contribution in [-0.4, -0.2) is 43.6 Å². The van der Waals surface area contributed by atoms with E-state index in [9.17, 15) is 9.18 Å². The summed E-state index contributed by atoms with van der Waals surface area (Å²) in [4.78, 5) is 14.5. The van der Waals surface area contributed by atoms with Gasteiger partial charge in [0.15, 0.2) is 0 Å². The Morgan fingerprint density at radius 2 is 2.35 bits per heavy atom. The monoisotopic (exact) mass is 280 g/mol. The van der Waals surface area contributed by atoms with Crippen LogP contribution in [0.15, 0.2) is 18.2 Å². The fraction of sp³-hybridized carbons (Fsp3) is 0.533. The largest absolute Gasteiger partial charge is 0.496 e. The van der Waals surface area contributed by atoms with Gasteiger partial charge in [-0.1, -0.05) is 6.92 Å². The maximum absolute atomic E-state index is 13.3. The summed E-state index contributed by atoms with van der Waals surface area (Å²) in [5.41, 5.74) is 0.244. The Bertz CT molecular complexity index is 479. The van der Waals surface area contributed by atoms with Gasteiger partial charge < -0.3 is 10.1 Å². The normalized spacial score (nSPS) is 19.1. The molecule has 1 atom stereocenters. The van der Waals surface area contributed by atoms with E-state index in [1.54, 1.807) is 0 Å². The molecule has 0 saturated carbocycles. The van der Waals surface area contributed by atoms with Crippen LogP contribution in [0, 0.1) is 5.82 Å². The van der Waals surface area contributed by atoms with E-state index in [2.05, 4.69) is 17.1 Å². The van der Waals surface area contributed by atoms with Crippen LogP contribution in [-0.2, 0) is 0 Å². The Morgan fingerprint density at radius 1 is 1.55 bits per heavy atom. The van der Waals surface area contributed by atoms with Crippen LogP contribution in [0.5, 0.6) is 5.75 Å². The lowest BCUT2D eigenvalue weighted by atomic mass is 10.1. The van der Waals surface area contributed by atoms with Crippen molar-refractivity contribution in [2.24, 2.45) is 0 Å². The number of likely N-dealkylation sites (tertiary alicyclic amines) is 1. The Kier molecular flexibility index (Phi) is 4.95. The van der Waals surface area contributed by atoms with Crippen molar-refractivity contribution in [1.29, 1.82) is 0 Å². The van der Waals surface area contributed by atoms with Crippen molar-refractivity contribution in [2.75, 3.05) is 26.7 Å². The number of amides is 1. The number of halogens is 1. The van der Waals surface area contributed by atoms with Crippen LogP contribution in [0.4, 0.5) is 4.39 Å². The molecule has 4 nitrogen and oxygen atoms in total. The van der Waals surface area contributed by atoms with Crippen molar-refractivity contribution in [1.82, 2.24) is 10.2 Å². The Labute approximate surface area is 118 Å². The molecule has 0 bridgehead atoms. The highest BCUT2D eigenvalue weighted by Gasteiger charge is 2.23. The van der Waals surface area contributed by atoms with E-state index >= 15 is 0 Å². The number of ether oxygens (including phenoxy) is 1. The Hall–Kier alpha value is -1.62. The van der Waals surface area contributed by atoms with Gasteiger partial charge >= 0.3 is 0 Å². The minimum Gasteiger partial charge on any atom is -0.496 e. The van der Waals surface area contributed by atoms with E-state index in [-0.39, 0.29) is 11.5 Å². The zero-order chi connectivity index (χ0) is 14.5. The first-order valence-electron chi connectivity index (χ1n) is 7.01. The number of carbonyl (C=O) groups excluding carboxylic acids is 1. The van der Waals surface area contributed by atoms with Gasteiger partial charge in [0.05, 0.1) is 12.7 Å². The summed E-state index contributed by atoms with van der Waals surface area (Å²) in [5.74, 6) is -0.334. The Balaban J connectivity index is 2.00. The first-order chi connectivity index (χ1) is 9.65. The minimum absolute atomic E-state index is 0.244. The lowest BCUT2D eigenvalue weighted by Gasteiger charge is -2.23. The van der Waals surface area contributed by atoms with Gasteiger partial charge in [-0.3, -0.25) is 9.69 Å². The number of rotatable bonds is 5. The Morgan fingerprint density at radius 3 is 3.05 bits per heavy atom. The topological polar surface area (TPSA) is 41.6 Å². The van der Waals surface area contributed by atoms with Crippen LogP contribution in [0.1, 0.15) is 30.1 Å². The predicted octanol–water partition coefficient (Wildman–Crippen LogP) is 2.05. The van der Waals surface area contributed by atoms with Gasteiger partial charge in [0.2, 0.25) is 0 Å². The molecular weight excluding hydrogens is 259 g/mol. The highest BCUT2D eigenvalue weighted by Crippen LogP contribution is 2.20. The van der Waals surface area contributed by atoms with Crippen LogP contribution < -0.4 is 10.1 Å². The summed E-state index contributed by atoms with van der Waals surface area (Å²) < 4.78 is 18.4. The second kappa shape index (κ2) is 6.70. The number of benzene rings is 1. The van der Waals surface area contributed by atoms with Crippen molar-refractivity contribution in [3.8, 4) is 5.75 Å². The summed E-state index contributed by atoms with van der Waals surface area (Å²) >= 11 is 0. The molecule has 1 aliphatic rings. The van der Waals surface area contributed by atoms with Crippen LogP contribution in [0.25, 0.3) is 0 Å². The van der Waals surface area contributed by atoms with Crippen molar-refractivity contribution in [3.63, 3.8) is 0 Å². The number of nitrogens with zero attached hydrogens (tertiary/aromatic N) is 1. The molecule has 1 saturated heterocycles. The first-order valence-corrected chi connectivity index (χ1v) is 7.01. The minimum atomic E-state index is -0.438. The molecule has 0 spiro atoms. The van der Waals surface area contributed by atoms with Crippen molar-refractivity contribution < 1.29 is 13.9 Å². The second-order valence-corrected chi connectivity index (χ2v) is 4.98. The van der Waals surface area contributed by atoms with Gasteiger partial charge in [-0.15, -0.1) is 0 Å². The van der Waals surface area contributed by atoms with Crippen molar-refractivity contribution >= 4 is 5.91 Å². The van der Waals surface area contributed by atoms with E-state index in [0.29, 0.717) is 18.3 Å². The molecule has 0 radical (unpaired) electrons. The van der Waals surface area contributed by atoms with Gasteiger partial charge in [0, 0.05) is 12.6 Å². The first kappa shape index (κ1) is 14.8. The average Bonchev–Trinajstić information content (AvgIpc) is 2.92. The third kappa shape index (κ3) is 3.28. The number of hydrogen-bond donors (Lipinski definition) is 1. The molecule has 2 rings (SSSR count). The molecule has 1 aliphatic heterocycles. The molecule has 1 fully saturated rings. The van der Waals surface area contributed by atoms with E-state index in [1.807, 2.05) is 0 Å². The quantitative estimate of drug-likeness (QED) is 0.897. The molecule has 1 aromatic rings. The van der Waals surface area contributed by atoms with Crippen LogP contribution in [0.3, 0.4) is 0 Å². The summed E-state index contributed by atoms with van der Waals surface area (Å²) in [6.45, 7) is 4.78. The standard InChI is InChI=1S/C15H21FN2O2/c1-3-18-8-4-5-12(18)10-17-15(19)13-9-11(16)6-7-14(13)20-2/h6-7,9,12H,3-5,8,10H2,1-2H3,(H,17,19). The van der Waals surface area contributed by atoms with Crippen LogP contribution >= 0.6 is 0 Å². The molecule has 0 aliphatic carbocycles. The summed E-state index contributed by atoms with van der Waals surface area (Å²) in [7, 11) is 1.47. The molecule has 1 N–H and O–H groups in total. The van der Waals surface area contributed by atoms with Gasteiger partial charge in [-0.05, 0) is 44.1 Å². The fourth-order valence-electron chi connectivity index (χ4n) is 2.71.